The van der Waals surface area contributed by atoms with E-state index in [1.165, 1.54) is 6.92 Å². The predicted octanol–water partition coefficient (Wildman–Crippen LogP) is 3.79. The van der Waals surface area contributed by atoms with Crippen molar-refractivity contribution >= 4 is 17.6 Å². The molecule has 1 aromatic carbocycles. The van der Waals surface area contributed by atoms with Gasteiger partial charge in [-0.1, -0.05) is 0 Å². The van der Waals surface area contributed by atoms with Gasteiger partial charge in [0, 0.05) is 44.4 Å². The number of piperidine rings is 1. The molecule has 0 radical (unpaired) electrons. The highest BCUT2D eigenvalue weighted by molar-refractivity contribution is 5.94. The number of likely N-dealkylation sites (tertiary alicyclic amines) is 1. The lowest BCUT2D eigenvalue weighted by Gasteiger charge is -2.33. The Morgan fingerprint density at radius 2 is 1.84 bits per heavy atom. The van der Waals surface area contributed by atoms with Crippen LogP contribution in [0, 0.1) is 11.6 Å². The number of hydrogen-bond acceptors (Lipinski definition) is 6. The van der Waals surface area contributed by atoms with E-state index < -0.39 is 17.4 Å². The van der Waals surface area contributed by atoms with Gasteiger partial charge in [0.25, 0.3) is 0 Å². The molecule has 2 aliphatic rings. The van der Waals surface area contributed by atoms with Crippen molar-refractivity contribution in [3.63, 3.8) is 0 Å². The number of hydroxylamine groups is 1. The van der Waals surface area contributed by atoms with E-state index in [1.54, 1.807) is 9.80 Å². The van der Waals surface area contributed by atoms with Crippen molar-refractivity contribution in [2.75, 3.05) is 31.1 Å². The first-order valence-electron chi connectivity index (χ1n) is 10.6. The standard InChI is InChI=1S/C22H29F2N3O4/c1-14(2)30-22(29)27-10-6-17(7-11-27)31-25-16-4-8-26(9-5-16)21-13-19(23)18(15(3)28)12-20(21)24/h4,12-14,17,25H,5-11H2,1-3H3. The Morgan fingerprint density at radius 1 is 1.13 bits per heavy atom. The van der Waals surface area contributed by atoms with Crippen molar-refractivity contribution in [2.45, 2.75) is 52.2 Å². The number of hydrogen-bond donors (Lipinski definition) is 1. The first-order chi connectivity index (χ1) is 14.7. The Labute approximate surface area is 180 Å². The number of rotatable bonds is 6. The molecule has 1 fully saturated rings. The lowest BCUT2D eigenvalue weighted by molar-refractivity contribution is -0.0415. The summed E-state index contributed by atoms with van der Waals surface area (Å²) < 4.78 is 33.7. The summed E-state index contributed by atoms with van der Waals surface area (Å²) in [4.78, 5) is 32.5. The molecule has 0 unspecified atom stereocenters. The highest BCUT2D eigenvalue weighted by atomic mass is 19.1. The number of Topliss-reactive ketones (excluding diaryl/α,β-unsaturated/α-hetero) is 1. The summed E-state index contributed by atoms with van der Waals surface area (Å²) in [6.45, 7) is 6.88. The Bertz CT molecular complexity index is 851. The molecule has 1 aromatic rings. The third kappa shape index (κ3) is 5.94. The number of carbonyl (C=O) groups excluding carboxylic acids is 2. The Kier molecular flexibility index (Phi) is 7.48. The molecule has 170 valence electrons. The lowest BCUT2D eigenvalue weighted by Crippen LogP contribution is -2.43. The molecule has 7 nitrogen and oxygen atoms in total. The van der Waals surface area contributed by atoms with Gasteiger partial charge in [-0.05, 0) is 45.8 Å². The van der Waals surface area contributed by atoms with Crippen LogP contribution in [-0.2, 0) is 9.57 Å². The van der Waals surface area contributed by atoms with Gasteiger partial charge in [-0.3, -0.25) is 15.1 Å². The van der Waals surface area contributed by atoms with Crippen molar-refractivity contribution in [3.05, 3.63) is 41.1 Å². The van der Waals surface area contributed by atoms with Gasteiger partial charge in [-0.25, -0.2) is 13.6 Å². The van der Waals surface area contributed by atoms with Crippen LogP contribution in [0.1, 0.15) is 50.4 Å². The summed E-state index contributed by atoms with van der Waals surface area (Å²) in [7, 11) is 0. The topological polar surface area (TPSA) is 71.1 Å². The average Bonchev–Trinajstić information content (AvgIpc) is 2.73. The van der Waals surface area contributed by atoms with Gasteiger partial charge in [0.1, 0.15) is 11.6 Å². The first kappa shape index (κ1) is 23.0. The Balaban J connectivity index is 1.47. The van der Waals surface area contributed by atoms with E-state index in [1.807, 2.05) is 19.9 Å². The highest BCUT2D eigenvalue weighted by Gasteiger charge is 2.26. The molecule has 0 spiro atoms. The molecule has 2 aliphatic heterocycles. The molecule has 9 heteroatoms. The smallest absolute Gasteiger partial charge is 0.410 e. The number of amides is 1. The fraction of sp³-hybridized carbons (Fsp3) is 0.545. The van der Waals surface area contributed by atoms with Crippen molar-refractivity contribution < 1.29 is 27.9 Å². The number of ketones is 1. The quantitative estimate of drug-likeness (QED) is 0.539. The van der Waals surface area contributed by atoms with E-state index in [4.69, 9.17) is 9.57 Å². The summed E-state index contributed by atoms with van der Waals surface area (Å²) in [6.07, 6.45) is 3.39. The summed E-state index contributed by atoms with van der Waals surface area (Å²) in [5.41, 5.74) is 3.75. The molecule has 0 aliphatic carbocycles. The van der Waals surface area contributed by atoms with Crippen LogP contribution >= 0.6 is 0 Å². The molecule has 2 heterocycles. The number of nitrogens with zero attached hydrogens (tertiary/aromatic N) is 2. The molecular formula is C22H29F2N3O4. The van der Waals surface area contributed by atoms with Gasteiger partial charge in [-0.2, -0.15) is 0 Å². The molecule has 0 aromatic heterocycles. The molecule has 0 atom stereocenters. The molecule has 1 amide bonds. The van der Waals surface area contributed by atoms with Gasteiger partial charge in [-0.15, -0.1) is 0 Å². The predicted molar refractivity (Wildman–Crippen MR) is 112 cm³/mol. The van der Waals surface area contributed by atoms with Crippen LogP contribution in [0.5, 0.6) is 0 Å². The fourth-order valence-electron chi connectivity index (χ4n) is 3.62. The molecule has 31 heavy (non-hydrogen) atoms. The minimum absolute atomic E-state index is 0.0207. The highest BCUT2D eigenvalue weighted by Crippen LogP contribution is 2.26. The number of carbonyl (C=O) groups is 2. The summed E-state index contributed by atoms with van der Waals surface area (Å²) in [6, 6.07) is 2.03. The van der Waals surface area contributed by atoms with Crippen LogP contribution in [0.3, 0.4) is 0 Å². The largest absolute Gasteiger partial charge is 0.447 e. The molecule has 0 saturated carbocycles. The normalized spacial score (nSPS) is 17.5. The second kappa shape index (κ2) is 10.1. The van der Waals surface area contributed by atoms with E-state index >= 15 is 0 Å². The van der Waals surface area contributed by atoms with Crippen LogP contribution in [-0.4, -0.2) is 55.2 Å². The second-order valence-corrected chi connectivity index (χ2v) is 8.10. The summed E-state index contributed by atoms with van der Waals surface area (Å²) in [5, 5.41) is 0. The number of anilines is 1. The molecule has 1 N–H and O–H groups in total. The molecule has 0 bridgehead atoms. The Morgan fingerprint density at radius 3 is 2.42 bits per heavy atom. The zero-order chi connectivity index (χ0) is 22.5. The minimum atomic E-state index is -0.719. The second-order valence-electron chi connectivity index (χ2n) is 8.10. The average molecular weight is 437 g/mol. The number of benzene rings is 1. The van der Waals surface area contributed by atoms with E-state index in [-0.39, 0.29) is 29.6 Å². The van der Waals surface area contributed by atoms with Crippen molar-refractivity contribution in [1.29, 1.82) is 0 Å². The lowest BCUT2D eigenvalue weighted by atomic mass is 10.1. The van der Waals surface area contributed by atoms with Crippen LogP contribution in [0.25, 0.3) is 0 Å². The van der Waals surface area contributed by atoms with Gasteiger partial charge < -0.3 is 14.5 Å². The maximum Gasteiger partial charge on any atom is 0.410 e. The van der Waals surface area contributed by atoms with Gasteiger partial charge in [0.05, 0.1) is 23.5 Å². The fourth-order valence-corrected chi connectivity index (χ4v) is 3.62. The van der Waals surface area contributed by atoms with Crippen molar-refractivity contribution in [1.82, 2.24) is 10.4 Å². The van der Waals surface area contributed by atoms with Gasteiger partial charge >= 0.3 is 6.09 Å². The minimum Gasteiger partial charge on any atom is -0.447 e. The van der Waals surface area contributed by atoms with Crippen molar-refractivity contribution in [2.24, 2.45) is 0 Å². The van der Waals surface area contributed by atoms with Gasteiger partial charge in [0.15, 0.2) is 5.78 Å². The van der Waals surface area contributed by atoms with E-state index in [0.29, 0.717) is 45.4 Å². The Hall–Kier alpha value is -2.68. The number of ether oxygens (including phenoxy) is 1. The first-order valence-corrected chi connectivity index (χ1v) is 10.6. The summed E-state index contributed by atoms with van der Waals surface area (Å²) in [5.74, 6) is -1.84. The van der Waals surface area contributed by atoms with E-state index in [0.717, 1.165) is 17.8 Å². The molecule has 1 saturated heterocycles. The SMILES string of the molecule is CC(=O)c1cc(F)c(N2CC=C(NOC3CCN(C(=O)OC(C)C)CC3)CC2)cc1F. The van der Waals surface area contributed by atoms with Crippen LogP contribution in [0.15, 0.2) is 23.9 Å². The van der Waals surface area contributed by atoms with Gasteiger partial charge in [0.2, 0.25) is 0 Å². The van der Waals surface area contributed by atoms with E-state index in [2.05, 4.69) is 5.48 Å². The third-order valence-electron chi connectivity index (χ3n) is 5.36. The maximum absolute atomic E-state index is 14.4. The monoisotopic (exact) mass is 437 g/mol. The number of halogens is 2. The third-order valence-corrected chi connectivity index (χ3v) is 5.36. The van der Waals surface area contributed by atoms with E-state index in [9.17, 15) is 18.4 Å². The number of nitrogens with one attached hydrogen (secondary N) is 1. The van der Waals surface area contributed by atoms with Crippen LogP contribution in [0.2, 0.25) is 0 Å². The van der Waals surface area contributed by atoms with Crippen LogP contribution < -0.4 is 10.4 Å². The maximum atomic E-state index is 14.4. The zero-order valence-electron chi connectivity index (χ0n) is 18.1. The van der Waals surface area contributed by atoms with Crippen molar-refractivity contribution in [3.8, 4) is 0 Å². The van der Waals surface area contributed by atoms with Crippen LogP contribution in [0.4, 0.5) is 19.3 Å². The molecule has 3 rings (SSSR count). The summed E-state index contributed by atoms with van der Waals surface area (Å²) >= 11 is 0. The molecular weight excluding hydrogens is 408 g/mol. The zero-order valence-corrected chi connectivity index (χ0v) is 18.1.